The molecule has 2 aromatic rings. The van der Waals surface area contributed by atoms with Gasteiger partial charge in [-0.3, -0.25) is 4.79 Å². The Hall–Kier alpha value is -1.81. The molecule has 0 aliphatic carbocycles. The number of halogens is 1. The van der Waals surface area contributed by atoms with Gasteiger partial charge in [0.15, 0.2) is 5.02 Å². The maximum atomic E-state index is 11.4. The van der Waals surface area contributed by atoms with E-state index >= 15 is 0 Å². The van der Waals surface area contributed by atoms with Crippen molar-refractivity contribution in [2.45, 2.75) is 26.2 Å². The molecule has 1 aromatic carbocycles. The lowest BCUT2D eigenvalue weighted by atomic mass is 9.98. The minimum Gasteiger partial charge on any atom is -0.437 e. The molecule has 0 saturated carbocycles. The number of nitrogens with one attached hydrogen (secondary N) is 1. The zero-order valence-electron chi connectivity index (χ0n) is 10.8. The van der Waals surface area contributed by atoms with E-state index in [9.17, 15) is 4.79 Å². The molecule has 0 radical (unpaired) electrons. The molecule has 0 bridgehead atoms. The van der Waals surface area contributed by atoms with Crippen LogP contribution in [-0.4, -0.2) is 9.97 Å². The first-order valence-corrected chi connectivity index (χ1v) is 6.51. The van der Waals surface area contributed by atoms with Gasteiger partial charge in [-0.25, -0.2) is 4.98 Å². The average molecular weight is 279 g/mol. The summed E-state index contributed by atoms with van der Waals surface area (Å²) in [6.07, 6.45) is 2.27. The van der Waals surface area contributed by atoms with Crippen molar-refractivity contribution in [3.63, 3.8) is 0 Å². The third kappa shape index (κ3) is 2.96. The first kappa shape index (κ1) is 13.6. The first-order valence-electron chi connectivity index (χ1n) is 6.13. The first-order chi connectivity index (χ1) is 9.13. The fourth-order valence-electron chi connectivity index (χ4n) is 1.74. The number of H-pyrrole nitrogens is 1. The van der Waals surface area contributed by atoms with Crippen molar-refractivity contribution in [1.29, 1.82) is 0 Å². The zero-order valence-corrected chi connectivity index (χ0v) is 11.6. The van der Waals surface area contributed by atoms with Crippen molar-refractivity contribution in [3.05, 3.63) is 51.5 Å². The minimum absolute atomic E-state index is 0.0403. The van der Waals surface area contributed by atoms with Gasteiger partial charge in [-0.1, -0.05) is 43.6 Å². The summed E-state index contributed by atoms with van der Waals surface area (Å²) in [5.41, 5.74) is 0.663. The fourth-order valence-corrected chi connectivity index (χ4v) is 1.88. The van der Waals surface area contributed by atoms with Crippen LogP contribution in [0.1, 0.15) is 31.7 Å². The molecule has 0 aliphatic heterocycles. The lowest BCUT2D eigenvalue weighted by Gasteiger charge is -2.15. The van der Waals surface area contributed by atoms with Gasteiger partial charge in [0, 0.05) is 0 Å². The molecule has 0 spiro atoms. The van der Waals surface area contributed by atoms with Crippen LogP contribution >= 0.6 is 11.6 Å². The number of hydrogen-bond acceptors (Lipinski definition) is 3. The van der Waals surface area contributed by atoms with Crippen molar-refractivity contribution < 1.29 is 4.74 Å². The van der Waals surface area contributed by atoms with E-state index in [0.29, 0.717) is 11.7 Å². The predicted octanol–water partition coefficient (Wildman–Crippen LogP) is 3.73. The molecule has 2 rings (SSSR count). The number of hydrogen-bond donors (Lipinski definition) is 1. The Morgan fingerprint density at radius 2 is 2.16 bits per heavy atom. The standard InChI is InChI=1S/C14H15ClN2O2/c1-3-9(2)10-6-4-5-7-11(10)19-14-12(15)13(18)16-8-17-14/h4-9H,3H2,1-2H3,(H,16,17,18). The highest BCUT2D eigenvalue weighted by Crippen LogP contribution is 2.32. The summed E-state index contributed by atoms with van der Waals surface area (Å²) < 4.78 is 5.68. The molecular weight excluding hydrogens is 264 g/mol. The van der Waals surface area contributed by atoms with Crippen LogP contribution < -0.4 is 10.3 Å². The van der Waals surface area contributed by atoms with Gasteiger partial charge in [0.1, 0.15) is 5.75 Å². The third-order valence-corrected chi connectivity index (χ3v) is 3.37. The van der Waals surface area contributed by atoms with E-state index in [4.69, 9.17) is 16.3 Å². The minimum atomic E-state index is -0.410. The topological polar surface area (TPSA) is 55.0 Å². The molecule has 1 N–H and O–H groups in total. The number of nitrogens with zero attached hydrogens (tertiary/aromatic N) is 1. The number of rotatable bonds is 4. The SMILES string of the molecule is CCC(C)c1ccccc1Oc1nc[nH]c(=O)c1Cl. The summed E-state index contributed by atoms with van der Waals surface area (Å²) in [7, 11) is 0. The van der Waals surface area contributed by atoms with Crippen LogP contribution in [0, 0.1) is 0 Å². The molecule has 19 heavy (non-hydrogen) atoms. The third-order valence-electron chi connectivity index (χ3n) is 3.03. The molecule has 100 valence electrons. The van der Waals surface area contributed by atoms with Gasteiger partial charge < -0.3 is 9.72 Å². The van der Waals surface area contributed by atoms with E-state index < -0.39 is 5.56 Å². The van der Waals surface area contributed by atoms with Crippen LogP contribution in [0.2, 0.25) is 5.02 Å². The monoisotopic (exact) mass is 278 g/mol. The quantitative estimate of drug-likeness (QED) is 0.927. The number of ether oxygens (including phenoxy) is 1. The highest BCUT2D eigenvalue weighted by atomic mass is 35.5. The molecular formula is C14H15ClN2O2. The molecule has 1 heterocycles. The number of aromatic nitrogens is 2. The van der Waals surface area contributed by atoms with E-state index in [1.807, 2.05) is 24.3 Å². The smallest absolute Gasteiger partial charge is 0.273 e. The number of benzene rings is 1. The summed E-state index contributed by atoms with van der Waals surface area (Å²) >= 11 is 5.88. The van der Waals surface area contributed by atoms with Crippen LogP contribution in [0.5, 0.6) is 11.6 Å². The van der Waals surface area contributed by atoms with Crippen LogP contribution in [0.25, 0.3) is 0 Å². The van der Waals surface area contributed by atoms with Crippen molar-refractivity contribution in [2.75, 3.05) is 0 Å². The van der Waals surface area contributed by atoms with Crippen LogP contribution in [0.4, 0.5) is 0 Å². The van der Waals surface area contributed by atoms with Gasteiger partial charge in [0.05, 0.1) is 6.33 Å². The Morgan fingerprint density at radius 3 is 2.89 bits per heavy atom. The van der Waals surface area contributed by atoms with Gasteiger partial charge in [-0.2, -0.15) is 0 Å². The summed E-state index contributed by atoms with van der Waals surface area (Å²) in [4.78, 5) is 17.7. The Kier molecular flexibility index (Phi) is 4.22. The van der Waals surface area contributed by atoms with E-state index in [0.717, 1.165) is 12.0 Å². The fraction of sp³-hybridized carbons (Fsp3) is 0.286. The number of aromatic amines is 1. The second-order valence-corrected chi connectivity index (χ2v) is 4.68. The molecule has 4 nitrogen and oxygen atoms in total. The normalized spacial score (nSPS) is 12.2. The summed E-state index contributed by atoms with van der Waals surface area (Å²) in [6.45, 7) is 4.23. The molecule has 0 amide bonds. The van der Waals surface area contributed by atoms with Crippen molar-refractivity contribution in [3.8, 4) is 11.6 Å². The maximum Gasteiger partial charge on any atom is 0.273 e. The molecule has 1 atom stereocenters. The Labute approximate surface area is 116 Å². The molecule has 0 aliphatic rings. The zero-order chi connectivity index (χ0) is 13.8. The molecule has 5 heteroatoms. The molecule has 1 unspecified atom stereocenters. The lowest BCUT2D eigenvalue weighted by Crippen LogP contribution is -2.08. The van der Waals surface area contributed by atoms with E-state index in [1.165, 1.54) is 6.33 Å². The largest absolute Gasteiger partial charge is 0.437 e. The van der Waals surface area contributed by atoms with E-state index in [1.54, 1.807) is 0 Å². The molecule has 0 saturated heterocycles. The molecule has 1 aromatic heterocycles. The van der Waals surface area contributed by atoms with Crippen LogP contribution in [0.3, 0.4) is 0 Å². The van der Waals surface area contributed by atoms with Crippen LogP contribution in [-0.2, 0) is 0 Å². The highest BCUT2D eigenvalue weighted by molar-refractivity contribution is 6.31. The maximum absolute atomic E-state index is 11.4. The molecule has 0 fully saturated rings. The second-order valence-electron chi connectivity index (χ2n) is 4.30. The van der Waals surface area contributed by atoms with Gasteiger partial charge in [-0.05, 0) is 24.0 Å². The van der Waals surface area contributed by atoms with Crippen molar-refractivity contribution in [2.24, 2.45) is 0 Å². The summed E-state index contributed by atoms with van der Waals surface area (Å²) in [6, 6.07) is 7.69. The van der Waals surface area contributed by atoms with Gasteiger partial charge in [0.25, 0.3) is 5.56 Å². The second kappa shape index (κ2) is 5.89. The Balaban J connectivity index is 2.38. The van der Waals surface area contributed by atoms with Gasteiger partial charge in [0.2, 0.25) is 5.88 Å². The van der Waals surface area contributed by atoms with E-state index in [2.05, 4.69) is 23.8 Å². The Morgan fingerprint density at radius 1 is 1.42 bits per heavy atom. The highest BCUT2D eigenvalue weighted by Gasteiger charge is 2.13. The van der Waals surface area contributed by atoms with Gasteiger partial charge >= 0.3 is 0 Å². The predicted molar refractivity (Wildman–Crippen MR) is 75.1 cm³/mol. The van der Waals surface area contributed by atoms with Crippen molar-refractivity contribution in [1.82, 2.24) is 9.97 Å². The van der Waals surface area contributed by atoms with Gasteiger partial charge in [-0.15, -0.1) is 0 Å². The van der Waals surface area contributed by atoms with Crippen molar-refractivity contribution >= 4 is 11.6 Å². The average Bonchev–Trinajstić information content (AvgIpc) is 2.43. The summed E-state index contributed by atoms with van der Waals surface area (Å²) in [5.74, 6) is 1.16. The van der Waals surface area contributed by atoms with Crippen LogP contribution in [0.15, 0.2) is 35.4 Å². The Bertz CT molecular complexity index is 625. The lowest BCUT2D eigenvalue weighted by molar-refractivity contribution is 0.450. The number of para-hydroxylation sites is 1. The van der Waals surface area contributed by atoms with E-state index in [-0.39, 0.29) is 10.9 Å². The summed E-state index contributed by atoms with van der Waals surface area (Å²) in [5, 5.41) is -0.0403.